The molecular formula is C54H58F4N4. The molecule has 2 aliphatic rings. The summed E-state index contributed by atoms with van der Waals surface area (Å²) in [6.45, 7) is 15.9. The highest BCUT2D eigenvalue weighted by molar-refractivity contribution is 5.95. The molecule has 0 N–H and O–H groups in total. The summed E-state index contributed by atoms with van der Waals surface area (Å²) in [6.07, 6.45) is 2.89. The lowest BCUT2D eigenvalue weighted by atomic mass is 10.0. The summed E-state index contributed by atoms with van der Waals surface area (Å²) in [6, 6.07) is 32.1. The molecule has 2 aliphatic heterocycles. The maximum absolute atomic E-state index is 16.2. The summed E-state index contributed by atoms with van der Waals surface area (Å²) in [4.78, 5) is 9.32. The summed E-state index contributed by atoms with van der Waals surface area (Å²) in [7, 11) is 0. The maximum Gasteiger partial charge on any atom is 0.151 e. The first-order chi connectivity index (χ1) is 30.1. The van der Waals surface area contributed by atoms with E-state index in [1.54, 1.807) is 6.07 Å². The summed E-state index contributed by atoms with van der Waals surface area (Å²) < 4.78 is 64.3. The van der Waals surface area contributed by atoms with Crippen molar-refractivity contribution < 1.29 is 17.6 Å². The third kappa shape index (κ3) is 7.00. The van der Waals surface area contributed by atoms with Crippen LogP contribution < -0.4 is 19.6 Å². The van der Waals surface area contributed by atoms with Gasteiger partial charge in [0.15, 0.2) is 12.3 Å². The monoisotopic (exact) mass is 838 g/mol. The minimum atomic E-state index is -0.611. The standard InChI is InChI=1S/C54H58F4N4/c1-9-33-32-49(34(10-2)31-44(33)55)62-48-24-20-19-23-47(48)61(43-29-39(15-7)52(58)40(16-8)30-43)54(62)53-59(41-25-35(11-3)50(56)36(12-4)26-41)45-21-17-18-22-46(45)60(53)42-27-37(13-5)51(57)38(14-6)28-42/h17-32,53-54H,9-16H2,1-8H3. The minimum absolute atomic E-state index is 0.188. The topological polar surface area (TPSA) is 13.0 Å². The van der Waals surface area contributed by atoms with Gasteiger partial charge in [0.25, 0.3) is 0 Å². The molecular weight excluding hydrogens is 781 g/mol. The van der Waals surface area contributed by atoms with Gasteiger partial charge >= 0.3 is 0 Å². The molecule has 0 radical (unpaired) electrons. The van der Waals surface area contributed by atoms with Crippen LogP contribution in [0.25, 0.3) is 0 Å². The molecule has 2 heterocycles. The van der Waals surface area contributed by atoms with Gasteiger partial charge in [-0.1, -0.05) is 79.7 Å². The third-order valence-electron chi connectivity index (χ3n) is 13.1. The van der Waals surface area contributed by atoms with Crippen molar-refractivity contribution in [3.05, 3.63) is 165 Å². The molecule has 0 saturated heterocycles. The van der Waals surface area contributed by atoms with Crippen LogP contribution in [0.1, 0.15) is 99.9 Å². The van der Waals surface area contributed by atoms with E-state index in [4.69, 9.17) is 0 Å². The Morgan fingerprint density at radius 1 is 0.323 bits per heavy atom. The molecule has 0 spiro atoms. The number of anilines is 8. The van der Waals surface area contributed by atoms with E-state index in [1.807, 2.05) is 115 Å². The third-order valence-corrected chi connectivity index (χ3v) is 13.1. The van der Waals surface area contributed by atoms with Gasteiger partial charge in [-0.25, -0.2) is 17.6 Å². The molecule has 0 fully saturated rings. The second-order valence-corrected chi connectivity index (χ2v) is 16.4. The molecule has 0 amide bonds. The Hall–Kier alpha value is -5.76. The van der Waals surface area contributed by atoms with E-state index in [9.17, 15) is 0 Å². The number of hydrogen-bond acceptors (Lipinski definition) is 4. The Morgan fingerprint density at radius 3 is 0.887 bits per heavy atom. The zero-order valence-corrected chi connectivity index (χ0v) is 37.3. The van der Waals surface area contributed by atoms with Crippen LogP contribution in [-0.2, 0) is 51.4 Å². The van der Waals surface area contributed by atoms with Crippen LogP contribution in [0, 0.1) is 23.3 Å². The van der Waals surface area contributed by atoms with E-state index in [-0.39, 0.29) is 23.3 Å². The number of rotatable bonds is 13. The smallest absolute Gasteiger partial charge is 0.151 e. The Labute approximate surface area is 365 Å². The average Bonchev–Trinajstić information content (AvgIpc) is 3.82. The number of halogens is 4. The fourth-order valence-corrected chi connectivity index (χ4v) is 9.81. The van der Waals surface area contributed by atoms with Gasteiger partial charge in [-0.15, -0.1) is 0 Å². The summed E-state index contributed by atoms with van der Waals surface area (Å²) in [5.41, 5.74) is 12.2. The molecule has 6 aromatic carbocycles. The van der Waals surface area contributed by atoms with Gasteiger partial charge in [0, 0.05) is 22.7 Å². The molecule has 1 unspecified atom stereocenters. The van der Waals surface area contributed by atoms with Gasteiger partial charge in [-0.05, 0) is 169 Å². The highest BCUT2D eigenvalue weighted by Gasteiger charge is 2.52. The van der Waals surface area contributed by atoms with Crippen LogP contribution in [-0.4, -0.2) is 12.3 Å². The fourth-order valence-electron chi connectivity index (χ4n) is 9.81. The van der Waals surface area contributed by atoms with Crippen LogP contribution in [0.15, 0.2) is 97.1 Å². The van der Waals surface area contributed by atoms with E-state index < -0.39 is 12.3 Å². The Morgan fingerprint density at radius 2 is 0.597 bits per heavy atom. The van der Waals surface area contributed by atoms with Crippen LogP contribution in [0.3, 0.4) is 0 Å². The van der Waals surface area contributed by atoms with Crippen LogP contribution in [0.2, 0.25) is 0 Å². The van der Waals surface area contributed by atoms with Gasteiger partial charge in [0.1, 0.15) is 23.3 Å². The second-order valence-electron chi connectivity index (χ2n) is 16.4. The van der Waals surface area contributed by atoms with Crippen LogP contribution in [0.4, 0.5) is 63.1 Å². The SMILES string of the molecule is CCc1cc(N2c3ccccc3N(c3cc(CC)c(F)c(CC)c3)C2C2N(c3cc(CC)c(F)c(CC)c3)c3ccccc3N2c2cc(CC)c(F)c(CC)c2)c(CC)cc1F. The first-order valence-electron chi connectivity index (χ1n) is 22.7. The van der Waals surface area contributed by atoms with Crippen molar-refractivity contribution in [3.8, 4) is 0 Å². The van der Waals surface area contributed by atoms with Gasteiger partial charge in [-0.2, -0.15) is 0 Å². The predicted molar refractivity (Wildman–Crippen MR) is 250 cm³/mol. The molecule has 4 nitrogen and oxygen atoms in total. The maximum atomic E-state index is 16.2. The van der Waals surface area contributed by atoms with E-state index in [1.165, 1.54) is 0 Å². The van der Waals surface area contributed by atoms with Crippen molar-refractivity contribution in [1.82, 2.24) is 0 Å². The van der Waals surface area contributed by atoms with Gasteiger partial charge in [-0.3, -0.25) is 0 Å². The number of aryl methyl sites for hydroxylation is 8. The van der Waals surface area contributed by atoms with E-state index in [0.717, 1.165) is 51.1 Å². The number of nitrogens with zero attached hydrogens (tertiary/aromatic N) is 4. The quantitative estimate of drug-likeness (QED) is 0.107. The Balaban J connectivity index is 1.54. The summed E-state index contributed by atoms with van der Waals surface area (Å²) in [5.74, 6) is -0.801. The van der Waals surface area contributed by atoms with Crippen molar-refractivity contribution in [2.75, 3.05) is 19.6 Å². The lowest BCUT2D eigenvalue weighted by molar-refractivity contribution is 0.543. The number of para-hydroxylation sites is 4. The van der Waals surface area contributed by atoms with Crippen molar-refractivity contribution in [1.29, 1.82) is 0 Å². The van der Waals surface area contributed by atoms with Gasteiger partial charge in [0.05, 0.1) is 22.7 Å². The Kier molecular flexibility index (Phi) is 12.1. The molecule has 322 valence electrons. The number of fused-ring (bicyclic) bond motifs is 2. The Bertz CT molecular complexity index is 2470. The normalized spacial score (nSPS) is 14.9. The van der Waals surface area contributed by atoms with Crippen molar-refractivity contribution >= 4 is 45.5 Å². The molecule has 0 aliphatic carbocycles. The van der Waals surface area contributed by atoms with E-state index >= 15 is 17.6 Å². The van der Waals surface area contributed by atoms with Gasteiger partial charge in [0.2, 0.25) is 0 Å². The molecule has 0 saturated carbocycles. The lowest BCUT2D eigenvalue weighted by Crippen LogP contribution is -2.58. The highest BCUT2D eigenvalue weighted by atomic mass is 19.1. The van der Waals surface area contributed by atoms with Crippen LogP contribution in [0.5, 0.6) is 0 Å². The molecule has 8 heteroatoms. The molecule has 1 atom stereocenters. The summed E-state index contributed by atoms with van der Waals surface area (Å²) >= 11 is 0. The molecule has 62 heavy (non-hydrogen) atoms. The van der Waals surface area contributed by atoms with Gasteiger partial charge < -0.3 is 19.6 Å². The molecule has 8 rings (SSSR count). The van der Waals surface area contributed by atoms with E-state index in [2.05, 4.69) is 50.8 Å². The highest BCUT2D eigenvalue weighted by Crippen LogP contribution is 2.57. The zero-order valence-electron chi connectivity index (χ0n) is 37.3. The van der Waals surface area contributed by atoms with E-state index in [0.29, 0.717) is 90.3 Å². The molecule has 0 bridgehead atoms. The zero-order chi connectivity index (χ0) is 44.0. The summed E-state index contributed by atoms with van der Waals surface area (Å²) in [5, 5.41) is 0. The first-order valence-corrected chi connectivity index (χ1v) is 22.7. The average molecular weight is 839 g/mol. The van der Waals surface area contributed by atoms with Crippen molar-refractivity contribution in [2.24, 2.45) is 0 Å². The minimum Gasteiger partial charge on any atom is -0.314 e. The predicted octanol–water partition coefficient (Wildman–Crippen LogP) is 14.7. The van der Waals surface area contributed by atoms with Crippen LogP contribution >= 0.6 is 0 Å². The van der Waals surface area contributed by atoms with Crippen molar-refractivity contribution in [2.45, 2.75) is 119 Å². The first kappa shape index (κ1) is 42.9. The number of hydrogen-bond donors (Lipinski definition) is 0. The molecule has 6 aromatic rings. The molecule has 0 aromatic heterocycles. The largest absolute Gasteiger partial charge is 0.314 e. The lowest BCUT2D eigenvalue weighted by Gasteiger charge is -2.45. The second kappa shape index (κ2) is 17.5. The number of benzene rings is 6. The fraction of sp³-hybridized carbons (Fsp3) is 0.333. The van der Waals surface area contributed by atoms with Crippen molar-refractivity contribution in [3.63, 3.8) is 0 Å².